The molecule has 0 fully saturated rings. The van der Waals surface area contributed by atoms with E-state index in [1.165, 1.54) is 0 Å². The van der Waals surface area contributed by atoms with Crippen LogP contribution in [0.1, 0.15) is 42.1 Å². The van der Waals surface area contributed by atoms with Crippen LogP contribution < -0.4 is 10.6 Å². The smallest absolute Gasteiger partial charge is 0.255 e. The Balaban J connectivity index is 2.00. The van der Waals surface area contributed by atoms with E-state index in [1.807, 2.05) is 19.9 Å². The minimum atomic E-state index is -0.218. The number of carbonyl (C=O) groups is 2. The third-order valence-corrected chi connectivity index (χ3v) is 3.87. The summed E-state index contributed by atoms with van der Waals surface area (Å²) in [5.74, 6) is -0.229. The summed E-state index contributed by atoms with van der Waals surface area (Å²) < 4.78 is 0. The van der Waals surface area contributed by atoms with E-state index in [2.05, 4.69) is 10.6 Å². The predicted octanol–water partition coefficient (Wildman–Crippen LogP) is 5.03. The SMILES string of the molecule is CCCCC(=O)Nc1ccc(C(=O)Nc2cc(Cl)ccc2C)cc1. The van der Waals surface area contributed by atoms with E-state index >= 15 is 0 Å². The van der Waals surface area contributed by atoms with Crippen molar-refractivity contribution < 1.29 is 9.59 Å². The fraction of sp³-hybridized carbons (Fsp3) is 0.263. The Bertz CT molecular complexity index is 727. The molecule has 0 atom stereocenters. The summed E-state index contributed by atoms with van der Waals surface area (Å²) in [7, 11) is 0. The van der Waals surface area contributed by atoms with Gasteiger partial charge in [0, 0.05) is 28.4 Å². The zero-order valence-corrected chi connectivity index (χ0v) is 14.6. The molecular weight excluding hydrogens is 324 g/mol. The summed E-state index contributed by atoms with van der Waals surface area (Å²) in [6, 6.07) is 12.2. The van der Waals surface area contributed by atoms with Gasteiger partial charge in [-0.25, -0.2) is 0 Å². The molecule has 126 valence electrons. The van der Waals surface area contributed by atoms with Gasteiger partial charge in [0.25, 0.3) is 5.91 Å². The lowest BCUT2D eigenvalue weighted by molar-refractivity contribution is -0.116. The topological polar surface area (TPSA) is 58.2 Å². The van der Waals surface area contributed by atoms with E-state index in [-0.39, 0.29) is 11.8 Å². The average molecular weight is 345 g/mol. The molecule has 2 aromatic rings. The number of benzene rings is 2. The van der Waals surface area contributed by atoms with Crippen LogP contribution in [0, 0.1) is 6.92 Å². The summed E-state index contributed by atoms with van der Waals surface area (Å²) in [6.07, 6.45) is 2.35. The standard InChI is InChI=1S/C19H21ClN2O2/c1-3-4-5-18(23)21-16-10-7-14(8-11-16)19(24)22-17-12-15(20)9-6-13(17)2/h6-12H,3-5H2,1-2H3,(H,21,23)(H,22,24). The highest BCUT2D eigenvalue weighted by Gasteiger charge is 2.09. The van der Waals surface area contributed by atoms with Crippen molar-refractivity contribution in [3.05, 3.63) is 58.6 Å². The van der Waals surface area contributed by atoms with Gasteiger partial charge in [-0.3, -0.25) is 9.59 Å². The van der Waals surface area contributed by atoms with Crippen molar-refractivity contribution in [3.63, 3.8) is 0 Å². The molecule has 2 rings (SSSR count). The van der Waals surface area contributed by atoms with Crippen molar-refractivity contribution in [3.8, 4) is 0 Å². The lowest BCUT2D eigenvalue weighted by atomic mass is 10.1. The molecule has 0 unspecified atom stereocenters. The highest BCUT2D eigenvalue weighted by molar-refractivity contribution is 6.31. The van der Waals surface area contributed by atoms with Gasteiger partial charge in [-0.2, -0.15) is 0 Å². The van der Waals surface area contributed by atoms with Crippen LogP contribution in [0.2, 0.25) is 5.02 Å². The number of unbranched alkanes of at least 4 members (excludes halogenated alkanes) is 1. The first-order valence-corrected chi connectivity index (χ1v) is 8.35. The number of amides is 2. The average Bonchev–Trinajstić information content (AvgIpc) is 2.57. The summed E-state index contributed by atoms with van der Waals surface area (Å²) in [4.78, 5) is 24.0. The predicted molar refractivity (Wildman–Crippen MR) is 98.7 cm³/mol. The largest absolute Gasteiger partial charge is 0.326 e. The van der Waals surface area contributed by atoms with Gasteiger partial charge in [-0.05, 0) is 55.3 Å². The number of hydrogen-bond acceptors (Lipinski definition) is 2. The molecule has 0 aliphatic carbocycles. The first kappa shape index (κ1) is 18.0. The Hall–Kier alpha value is -2.33. The van der Waals surface area contributed by atoms with E-state index < -0.39 is 0 Å². The number of hydrogen-bond donors (Lipinski definition) is 2. The molecule has 0 aromatic heterocycles. The first-order chi connectivity index (χ1) is 11.5. The van der Waals surface area contributed by atoms with E-state index in [4.69, 9.17) is 11.6 Å². The molecule has 0 aliphatic heterocycles. The number of rotatable bonds is 6. The highest BCUT2D eigenvalue weighted by atomic mass is 35.5. The van der Waals surface area contributed by atoms with Crippen molar-refractivity contribution >= 4 is 34.8 Å². The van der Waals surface area contributed by atoms with E-state index in [0.29, 0.717) is 28.4 Å². The van der Waals surface area contributed by atoms with Crippen molar-refractivity contribution in [2.75, 3.05) is 10.6 Å². The molecule has 2 aromatic carbocycles. The van der Waals surface area contributed by atoms with Gasteiger partial charge in [0.1, 0.15) is 0 Å². The van der Waals surface area contributed by atoms with Gasteiger partial charge in [0.2, 0.25) is 5.91 Å². The monoisotopic (exact) mass is 344 g/mol. The molecule has 0 radical (unpaired) electrons. The number of anilines is 2. The number of aryl methyl sites for hydroxylation is 1. The van der Waals surface area contributed by atoms with Crippen molar-refractivity contribution in [1.82, 2.24) is 0 Å². The zero-order chi connectivity index (χ0) is 17.5. The Labute approximate surface area is 147 Å². The minimum Gasteiger partial charge on any atom is -0.326 e. The van der Waals surface area contributed by atoms with Crippen LogP contribution in [0.15, 0.2) is 42.5 Å². The maximum absolute atomic E-state index is 12.3. The second-order valence-corrected chi connectivity index (χ2v) is 6.08. The third kappa shape index (κ3) is 5.10. The van der Waals surface area contributed by atoms with Gasteiger partial charge in [-0.1, -0.05) is 31.0 Å². The lowest BCUT2D eigenvalue weighted by Crippen LogP contribution is -2.14. The minimum absolute atomic E-state index is 0.0106. The fourth-order valence-electron chi connectivity index (χ4n) is 2.19. The molecule has 0 heterocycles. The molecule has 0 spiro atoms. The molecule has 0 aliphatic rings. The van der Waals surface area contributed by atoms with Crippen LogP contribution in [0.5, 0.6) is 0 Å². The zero-order valence-electron chi connectivity index (χ0n) is 13.9. The normalized spacial score (nSPS) is 10.3. The number of halogens is 1. The number of carbonyl (C=O) groups excluding carboxylic acids is 2. The van der Waals surface area contributed by atoms with Crippen LogP contribution >= 0.6 is 11.6 Å². The molecule has 24 heavy (non-hydrogen) atoms. The van der Waals surface area contributed by atoms with Crippen molar-refractivity contribution in [2.45, 2.75) is 33.1 Å². The Morgan fingerprint density at radius 2 is 1.75 bits per heavy atom. The second kappa shape index (κ2) is 8.50. The van der Waals surface area contributed by atoms with Crippen LogP contribution in [0.3, 0.4) is 0 Å². The lowest BCUT2D eigenvalue weighted by Gasteiger charge is -2.10. The maximum atomic E-state index is 12.3. The maximum Gasteiger partial charge on any atom is 0.255 e. The van der Waals surface area contributed by atoms with Crippen LogP contribution in [-0.4, -0.2) is 11.8 Å². The van der Waals surface area contributed by atoms with E-state index in [9.17, 15) is 9.59 Å². The van der Waals surface area contributed by atoms with Crippen molar-refractivity contribution in [2.24, 2.45) is 0 Å². The molecule has 4 nitrogen and oxygen atoms in total. The fourth-order valence-corrected chi connectivity index (χ4v) is 2.36. The molecule has 0 saturated carbocycles. The second-order valence-electron chi connectivity index (χ2n) is 5.64. The quantitative estimate of drug-likeness (QED) is 0.772. The van der Waals surface area contributed by atoms with Crippen LogP contribution in [0.25, 0.3) is 0 Å². The third-order valence-electron chi connectivity index (χ3n) is 3.64. The number of nitrogens with one attached hydrogen (secondary N) is 2. The van der Waals surface area contributed by atoms with Gasteiger partial charge in [-0.15, -0.1) is 0 Å². The van der Waals surface area contributed by atoms with Crippen molar-refractivity contribution in [1.29, 1.82) is 0 Å². The summed E-state index contributed by atoms with van der Waals surface area (Å²) in [6.45, 7) is 3.95. The Kier molecular flexibility index (Phi) is 6.38. The molecule has 0 bridgehead atoms. The van der Waals surface area contributed by atoms with E-state index in [0.717, 1.165) is 18.4 Å². The molecule has 0 saturated heterocycles. The first-order valence-electron chi connectivity index (χ1n) is 7.97. The molecule has 2 amide bonds. The Morgan fingerprint density at radius 3 is 2.42 bits per heavy atom. The van der Waals surface area contributed by atoms with Gasteiger partial charge >= 0.3 is 0 Å². The van der Waals surface area contributed by atoms with Gasteiger partial charge in [0.05, 0.1) is 0 Å². The summed E-state index contributed by atoms with van der Waals surface area (Å²) in [5.41, 5.74) is 2.82. The van der Waals surface area contributed by atoms with Gasteiger partial charge < -0.3 is 10.6 Å². The van der Waals surface area contributed by atoms with E-state index in [1.54, 1.807) is 36.4 Å². The Morgan fingerprint density at radius 1 is 1.04 bits per heavy atom. The summed E-state index contributed by atoms with van der Waals surface area (Å²) >= 11 is 5.96. The van der Waals surface area contributed by atoms with Crippen LogP contribution in [-0.2, 0) is 4.79 Å². The molecule has 5 heteroatoms. The summed E-state index contributed by atoms with van der Waals surface area (Å²) in [5, 5.41) is 6.24. The molecule has 2 N–H and O–H groups in total. The van der Waals surface area contributed by atoms with Gasteiger partial charge in [0.15, 0.2) is 0 Å². The van der Waals surface area contributed by atoms with Crippen LogP contribution in [0.4, 0.5) is 11.4 Å². The molecular formula is C19H21ClN2O2. The highest BCUT2D eigenvalue weighted by Crippen LogP contribution is 2.21.